The van der Waals surface area contributed by atoms with Gasteiger partial charge in [0.15, 0.2) is 0 Å². The molecule has 0 spiro atoms. The van der Waals surface area contributed by atoms with Gasteiger partial charge >= 0.3 is 0 Å². The number of rotatable bonds is 6. The summed E-state index contributed by atoms with van der Waals surface area (Å²) in [5, 5.41) is 2.52. The van der Waals surface area contributed by atoms with Crippen LogP contribution in [0.4, 0.5) is 0 Å². The van der Waals surface area contributed by atoms with Crippen molar-refractivity contribution in [2.24, 2.45) is 0 Å². The van der Waals surface area contributed by atoms with Crippen LogP contribution >= 0.6 is 0 Å². The minimum Gasteiger partial charge on any atom is -0.300 e. The van der Waals surface area contributed by atoms with E-state index in [2.05, 4.69) is 105 Å². The quantitative estimate of drug-likeness (QED) is 0.327. The van der Waals surface area contributed by atoms with Gasteiger partial charge in [0.25, 0.3) is 0 Å². The molecule has 0 heterocycles. The Bertz CT molecular complexity index is 1170. The summed E-state index contributed by atoms with van der Waals surface area (Å²) in [6, 6.07) is 32.3. The van der Waals surface area contributed by atoms with Crippen LogP contribution in [0.2, 0.25) is 0 Å². The summed E-state index contributed by atoms with van der Waals surface area (Å²) < 4.78 is 0. The van der Waals surface area contributed by atoms with E-state index in [1.807, 2.05) is 0 Å². The predicted octanol–water partition coefficient (Wildman–Crippen LogP) is 7.82. The zero-order valence-electron chi connectivity index (χ0n) is 18.0. The van der Waals surface area contributed by atoms with E-state index < -0.39 is 0 Å². The van der Waals surface area contributed by atoms with E-state index in [1.165, 1.54) is 38.6 Å². The third kappa shape index (κ3) is 3.93. The van der Waals surface area contributed by atoms with Gasteiger partial charge in [0.1, 0.15) is 5.78 Å². The monoisotopic (exact) mass is 392 g/mol. The maximum atomic E-state index is 11.8. The summed E-state index contributed by atoms with van der Waals surface area (Å²) in [5.74, 6) is 0.244. The molecule has 4 rings (SSSR count). The van der Waals surface area contributed by atoms with Gasteiger partial charge in [0.2, 0.25) is 0 Å². The second-order valence-corrected chi connectivity index (χ2v) is 8.71. The molecule has 0 saturated carbocycles. The third-order valence-corrected chi connectivity index (χ3v) is 6.02. The molecule has 0 amide bonds. The highest BCUT2D eigenvalue weighted by atomic mass is 16.1. The zero-order chi connectivity index (χ0) is 21.1. The van der Waals surface area contributed by atoms with Crippen molar-refractivity contribution in [3.8, 4) is 22.3 Å². The van der Waals surface area contributed by atoms with Gasteiger partial charge in [-0.1, -0.05) is 98.8 Å². The molecule has 4 aromatic rings. The van der Waals surface area contributed by atoms with Gasteiger partial charge in [-0.15, -0.1) is 0 Å². The van der Waals surface area contributed by atoms with Gasteiger partial charge in [0.05, 0.1) is 0 Å². The molecule has 0 aromatic heterocycles. The molecule has 1 heteroatoms. The SMILES string of the molecule is CC(=O)CCC(C)(C)c1cc(-c2ccccc2)c2ccccc2c1-c1ccccc1. The number of carbonyl (C=O) groups is 1. The molecule has 1 nitrogen and oxygen atoms in total. The fourth-order valence-electron chi connectivity index (χ4n) is 4.30. The Hall–Kier alpha value is -3.19. The van der Waals surface area contributed by atoms with Crippen LogP contribution in [-0.2, 0) is 10.2 Å². The van der Waals surface area contributed by atoms with Crippen LogP contribution in [0.25, 0.3) is 33.0 Å². The minimum atomic E-state index is -0.135. The van der Waals surface area contributed by atoms with E-state index >= 15 is 0 Å². The van der Waals surface area contributed by atoms with E-state index in [0.717, 1.165) is 6.42 Å². The Kier molecular flexibility index (Phi) is 5.55. The highest BCUT2D eigenvalue weighted by Gasteiger charge is 2.27. The van der Waals surface area contributed by atoms with E-state index in [1.54, 1.807) is 6.92 Å². The van der Waals surface area contributed by atoms with Crippen LogP contribution in [-0.4, -0.2) is 5.78 Å². The standard InChI is InChI=1S/C29H28O/c1-21(30)18-19-29(2,3)27-20-26(22-12-6-4-7-13-22)24-16-10-11-17-25(24)28(27)23-14-8-5-9-15-23/h4-17,20H,18-19H2,1-3H3. The molecule has 0 saturated heterocycles. The zero-order valence-corrected chi connectivity index (χ0v) is 18.0. The first-order valence-electron chi connectivity index (χ1n) is 10.6. The maximum Gasteiger partial charge on any atom is 0.129 e. The molecular weight excluding hydrogens is 364 g/mol. The number of Topliss-reactive ketones (excluding diaryl/α,β-unsaturated/α-hetero) is 1. The van der Waals surface area contributed by atoms with Crippen LogP contribution in [0, 0.1) is 0 Å². The van der Waals surface area contributed by atoms with Gasteiger partial charge in [-0.2, -0.15) is 0 Å². The predicted molar refractivity (Wildman–Crippen MR) is 128 cm³/mol. The molecule has 0 bridgehead atoms. The summed E-state index contributed by atoms with van der Waals surface area (Å²) in [7, 11) is 0. The van der Waals surface area contributed by atoms with Crippen LogP contribution in [0.15, 0.2) is 91.0 Å². The first-order chi connectivity index (χ1) is 14.5. The molecule has 30 heavy (non-hydrogen) atoms. The van der Waals surface area contributed by atoms with Gasteiger partial charge in [0, 0.05) is 6.42 Å². The smallest absolute Gasteiger partial charge is 0.129 e. The van der Waals surface area contributed by atoms with Gasteiger partial charge in [-0.05, 0) is 63.4 Å². The van der Waals surface area contributed by atoms with Crippen molar-refractivity contribution < 1.29 is 4.79 Å². The second-order valence-electron chi connectivity index (χ2n) is 8.71. The van der Waals surface area contributed by atoms with Gasteiger partial charge in [-0.3, -0.25) is 0 Å². The average molecular weight is 393 g/mol. The van der Waals surface area contributed by atoms with Crippen LogP contribution in [0.5, 0.6) is 0 Å². The van der Waals surface area contributed by atoms with Gasteiger partial charge in [-0.25, -0.2) is 0 Å². The van der Waals surface area contributed by atoms with Crippen molar-refractivity contribution in [2.75, 3.05) is 0 Å². The third-order valence-electron chi connectivity index (χ3n) is 6.02. The summed E-state index contributed by atoms with van der Waals surface area (Å²) in [6.45, 7) is 6.21. The van der Waals surface area contributed by atoms with Crippen LogP contribution in [0.3, 0.4) is 0 Å². The lowest BCUT2D eigenvalue weighted by Crippen LogP contribution is -2.20. The van der Waals surface area contributed by atoms with Crippen molar-refractivity contribution in [3.63, 3.8) is 0 Å². The molecular formula is C29H28O. The molecule has 0 aliphatic carbocycles. The number of fused-ring (bicyclic) bond motifs is 1. The topological polar surface area (TPSA) is 17.1 Å². The first kappa shape index (κ1) is 20.1. The summed E-state index contributed by atoms with van der Waals surface area (Å²) >= 11 is 0. The Morgan fingerprint density at radius 1 is 0.733 bits per heavy atom. The second kappa shape index (κ2) is 8.28. The number of hydrogen-bond donors (Lipinski definition) is 0. The van der Waals surface area contributed by atoms with Crippen molar-refractivity contribution in [1.29, 1.82) is 0 Å². The highest BCUT2D eigenvalue weighted by Crippen LogP contribution is 2.44. The fraction of sp³-hybridized carbons (Fsp3) is 0.207. The maximum absolute atomic E-state index is 11.8. The first-order valence-corrected chi connectivity index (χ1v) is 10.6. The molecule has 0 unspecified atom stereocenters. The van der Waals surface area contributed by atoms with Crippen LogP contribution in [0.1, 0.15) is 39.2 Å². The largest absolute Gasteiger partial charge is 0.300 e. The normalized spacial score (nSPS) is 11.6. The molecule has 4 aromatic carbocycles. The number of hydrogen-bond acceptors (Lipinski definition) is 1. The van der Waals surface area contributed by atoms with E-state index in [-0.39, 0.29) is 11.2 Å². The van der Waals surface area contributed by atoms with Crippen molar-refractivity contribution in [1.82, 2.24) is 0 Å². The lowest BCUT2D eigenvalue weighted by molar-refractivity contribution is -0.117. The lowest BCUT2D eigenvalue weighted by atomic mass is 9.74. The van der Waals surface area contributed by atoms with Crippen LogP contribution < -0.4 is 0 Å². The molecule has 0 N–H and O–H groups in total. The summed E-state index contributed by atoms with van der Waals surface area (Å²) in [4.78, 5) is 11.8. The van der Waals surface area contributed by atoms with Crippen molar-refractivity contribution in [2.45, 2.75) is 39.0 Å². The molecule has 0 radical (unpaired) electrons. The van der Waals surface area contributed by atoms with E-state index in [4.69, 9.17) is 0 Å². The molecule has 150 valence electrons. The average Bonchev–Trinajstić information content (AvgIpc) is 2.78. The highest BCUT2D eigenvalue weighted by molar-refractivity contribution is 6.06. The minimum absolute atomic E-state index is 0.135. The van der Waals surface area contributed by atoms with E-state index in [0.29, 0.717) is 6.42 Å². The fourth-order valence-corrected chi connectivity index (χ4v) is 4.30. The molecule has 0 fully saturated rings. The Labute approximate surface area is 179 Å². The lowest BCUT2D eigenvalue weighted by Gasteiger charge is -2.30. The van der Waals surface area contributed by atoms with Gasteiger partial charge < -0.3 is 4.79 Å². The summed E-state index contributed by atoms with van der Waals surface area (Å²) in [6.07, 6.45) is 1.42. The number of carbonyl (C=O) groups excluding carboxylic acids is 1. The number of ketones is 1. The molecule has 0 aliphatic heterocycles. The molecule has 0 aliphatic rings. The molecule has 0 atom stereocenters. The Morgan fingerprint density at radius 2 is 1.27 bits per heavy atom. The Morgan fingerprint density at radius 3 is 1.87 bits per heavy atom. The van der Waals surface area contributed by atoms with E-state index in [9.17, 15) is 4.79 Å². The van der Waals surface area contributed by atoms with Crippen molar-refractivity contribution >= 4 is 16.6 Å². The van der Waals surface area contributed by atoms with Crippen molar-refractivity contribution in [3.05, 3.63) is 96.6 Å². The summed E-state index contributed by atoms with van der Waals surface area (Å²) in [5.41, 5.74) is 6.13. The Balaban J connectivity index is 2.06. The number of benzene rings is 4.